The molecule has 0 radical (unpaired) electrons. The highest BCUT2D eigenvalue weighted by Crippen LogP contribution is 2.29. The molecule has 1 aliphatic heterocycles. The monoisotopic (exact) mass is 292 g/mol. The lowest BCUT2D eigenvalue weighted by molar-refractivity contribution is -0.119. The molecule has 1 aliphatic rings. The van der Waals surface area contributed by atoms with E-state index in [-0.39, 0.29) is 30.2 Å². The van der Waals surface area contributed by atoms with Gasteiger partial charge in [0.05, 0.1) is 5.75 Å². The van der Waals surface area contributed by atoms with Gasteiger partial charge in [-0.2, -0.15) is 13.2 Å². The van der Waals surface area contributed by atoms with Crippen molar-refractivity contribution in [2.45, 2.75) is 37.4 Å². The highest BCUT2D eigenvalue weighted by atomic mass is 35.5. The third-order valence-corrected chi connectivity index (χ3v) is 3.09. The Morgan fingerprint density at radius 1 is 1.53 bits per heavy atom. The van der Waals surface area contributed by atoms with Crippen LogP contribution in [-0.2, 0) is 4.79 Å². The van der Waals surface area contributed by atoms with Gasteiger partial charge in [-0.3, -0.25) is 4.79 Å². The van der Waals surface area contributed by atoms with Gasteiger partial charge in [-0.05, 0) is 38.1 Å². The van der Waals surface area contributed by atoms with E-state index in [2.05, 4.69) is 10.6 Å². The number of amides is 1. The minimum atomic E-state index is -4.33. The number of nitrogens with one attached hydrogen (secondary N) is 2. The molecule has 1 saturated heterocycles. The smallest absolute Gasteiger partial charge is 0.353 e. The van der Waals surface area contributed by atoms with Crippen LogP contribution >= 0.6 is 24.2 Å². The van der Waals surface area contributed by atoms with Crippen molar-refractivity contribution in [2.24, 2.45) is 0 Å². The lowest BCUT2D eigenvalue weighted by Gasteiger charge is -2.28. The number of hydrogen-bond acceptors (Lipinski definition) is 3. The number of piperidine rings is 1. The summed E-state index contributed by atoms with van der Waals surface area (Å²) in [4.78, 5) is 11.2. The molecule has 3 nitrogen and oxygen atoms in total. The molecule has 2 N–H and O–H groups in total. The van der Waals surface area contributed by atoms with Gasteiger partial charge in [-0.25, -0.2) is 0 Å². The molecule has 102 valence electrons. The topological polar surface area (TPSA) is 41.1 Å². The fourth-order valence-corrected chi connectivity index (χ4v) is 2.06. The largest absolute Gasteiger partial charge is 0.442 e. The maximum atomic E-state index is 11.8. The van der Waals surface area contributed by atoms with E-state index in [9.17, 15) is 18.0 Å². The van der Waals surface area contributed by atoms with Gasteiger partial charge in [0.1, 0.15) is 0 Å². The van der Waals surface area contributed by atoms with Gasteiger partial charge in [-0.1, -0.05) is 0 Å². The van der Waals surface area contributed by atoms with Crippen molar-refractivity contribution in [1.29, 1.82) is 0 Å². The van der Waals surface area contributed by atoms with Gasteiger partial charge < -0.3 is 10.6 Å². The molecule has 0 aliphatic carbocycles. The van der Waals surface area contributed by atoms with Crippen LogP contribution in [0.5, 0.6) is 0 Å². The van der Waals surface area contributed by atoms with Crippen LogP contribution in [0.4, 0.5) is 13.2 Å². The summed E-state index contributed by atoms with van der Waals surface area (Å²) in [5.74, 6) is -1.09. The number of halogens is 4. The lowest BCUT2D eigenvalue weighted by Crippen LogP contribution is -2.47. The predicted octanol–water partition coefficient (Wildman–Crippen LogP) is 1.92. The Morgan fingerprint density at radius 3 is 2.71 bits per heavy atom. The number of alkyl halides is 3. The van der Waals surface area contributed by atoms with Crippen molar-refractivity contribution in [2.75, 3.05) is 12.3 Å². The van der Waals surface area contributed by atoms with Crippen molar-refractivity contribution < 1.29 is 18.0 Å². The van der Waals surface area contributed by atoms with E-state index in [1.54, 1.807) is 0 Å². The predicted molar refractivity (Wildman–Crippen MR) is 64.4 cm³/mol. The van der Waals surface area contributed by atoms with Gasteiger partial charge in [0.2, 0.25) is 5.91 Å². The van der Waals surface area contributed by atoms with Crippen LogP contribution in [0.25, 0.3) is 0 Å². The van der Waals surface area contributed by atoms with E-state index < -0.39 is 17.2 Å². The molecule has 0 aromatic carbocycles. The number of carbonyl (C=O) groups is 1. The van der Waals surface area contributed by atoms with Crippen molar-refractivity contribution in [1.82, 2.24) is 10.6 Å². The normalized spacial score (nSPS) is 24.9. The summed E-state index contributed by atoms with van der Waals surface area (Å²) < 4.78 is 35.5. The Morgan fingerprint density at radius 2 is 2.18 bits per heavy atom. The second-order valence-corrected chi connectivity index (χ2v) is 4.92. The van der Waals surface area contributed by atoms with Crippen LogP contribution in [0.15, 0.2) is 0 Å². The number of rotatable bonds is 3. The minimum Gasteiger partial charge on any atom is -0.353 e. The molecule has 0 bridgehead atoms. The Bertz CT molecular complexity index is 253. The molecule has 1 rings (SSSR count). The van der Waals surface area contributed by atoms with Crippen molar-refractivity contribution >= 4 is 30.1 Å². The Labute approximate surface area is 109 Å². The second kappa shape index (κ2) is 7.33. The third kappa shape index (κ3) is 7.72. The van der Waals surface area contributed by atoms with Crippen LogP contribution in [0.2, 0.25) is 0 Å². The van der Waals surface area contributed by atoms with E-state index in [1.165, 1.54) is 0 Å². The van der Waals surface area contributed by atoms with Gasteiger partial charge in [0.15, 0.2) is 0 Å². The molecule has 0 aromatic rings. The first-order chi connectivity index (χ1) is 7.37. The molecule has 17 heavy (non-hydrogen) atoms. The van der Waals surface area contributed by atoms with Crippen LogP contribution in [-0.4, -0.2) is 35.8 Å². The maximum Gasteiger partial charge on any atom is 0.442 e. The summed E-state index contributed by atoms with van der Waals surface area (Å²) >= 11 is -0.297. The van der Waals surface area contributed by atoms with Crippen molar-refractivity contribution in [3.05, 3.63) is 0 Å². The molecule has 2 atom stereocenters. The Hall–Kier alpha value is -0.140. The summed E-state index contributed by atoms with van der Waals surface area (Å²) in [6.45, 7) is 2.78. The van der Waals surface area contributed by atoms with Gasteiger partial charge >= 0.3 is 5.51 Å². The zero-order valence-corrected chi connectivity index (χ0v) is 11.0. The van der Waals surface area contributed by atoms with E-state index in [0.717, 1.165) is 19.4 Å². The highest BCUT2D eigenvalue weighted by molar-refractivity contribution is 8.00. The van der Waals surface area contributed by atoms with Crippen molar-refractivity contribution in [3.8, 4) is 0 Å². The molecule has 1 fully saturated rings. The van der Waals surface area contributed by atoms with E-state index in [1.807, 2.05) is 6.92 Å². The first kappa shape index (κ1) is 16.9. The van der Waals surface area contributed by atoms with E-state index in [4.69, 9.17) is 0 Å². The minimum absolute atomic E-state index is 0. The number of carbonyl (C=O) groups excluding carboxylic acids is 1. The molecular weight excluding hydrogens is 277 g/mol. The summed E-state index contributed by atoms with van der Waals surface area (Å²) in [5, 5.41) is 5.83. The maximum absolute atomic E-state index is 11.8. The first-order valence-electron chi connectivity index (χ1n) is 5.10. The van der Waals surface area contributed by atoms with Gasteiger partial charge in [0, 0.05) is 12.1 Å². The average Bonchev–Trinajstić information content (AvgIpc) is 2.14. The summed E-state index contributed by atoms with van der Waals surface area (Å²) in [6.07, 6.45) is 1.54. The Kier molecular flexibility index (Phi) is 7.27. The summed E-state index contributed by atoms with van der Waals surface area (Å²) in [5.41, 5.74) is -4.33. The van der Waals surface area contributed by atoms with Gasteiger partial charge in [0.25, 0.3) is 0 Å². The quantitative estimate of drug-likeness (QED) is 0.835. The van der Waals surface area contributed by atoms with Gasteiger partial charge in [-0.15, -0.1) is 12.4 Å². The molecule has 8 heteroatoms. The van der Waals surface area contributed by atoms with E-state index >= 15 is 0 Å². The summed E-state index contributed by atoms with van der Waals surface area (Å²) in [7, 11) is 0. The van der Waals surface area contributed by atoms with Crippen LogP contribution in [0.1, 0.15) is 19.8 Å². The SMILES string of the molecule is CC1CC(NC(=O)CSC(F)(F)F)CCN1.Cl. The van der Waals surface area contributed by atoms with Crippen molar-refractivity contribution in [3.63, 3.8) is 0 Å². The van der Waals surface area contributed by atoms with Crippen LogP contribution in [0, 0.1) is 0 Å². The zero-order valence-electron chi connectivity index (χ0n) is 9.34. The standard InChI is InChI=1S/C9H15F3N2OS.ClH/c1-6-4-7(2-3-13-6)14-8(15)5-16-9(10,11)12;/h6-7,13H,2-5H2,1H3,(H,14,15);1H. The molecule has 1 amide bonds. The molecule has 0 spiro atoms. The molecule has 1 heterocycles. The first-order valence-corrected chi connectivity index (χ1v) is 6.09. The fraction of sp³-hybridized carbons (Fsp3) is 0.889. The third-order valence-electron chi connectivity index (χ3n) is 2.36. The van der Waals surface area contributed by atoms with E-state index in [0.29, 0.717) is 6.04 Å². The lowest BCUT2D eigenvalue weighted by atomic mass is 10.0. The van der Waals surface area contributed by atoms with Crippen LogP contribution in [0.3, 0.4) is 0 Å². The summed E-state index contributed by atoms with van der Waals surface area (Å²) in [6, 6.07) is 0.298. The number of thioether (sulfide) groups is 1. The highest BCUT2D eigenvalue weighted by Gasteiger charge is 2.30. The molecular formula is C9H16ClF3N2OS. The zero-order chi connectivity index (χ0) is 12.2. The fourth-order valence-electron chi connectivity index (χ4n) is 1.68. The average molecular weight is 293 g/mol. The molecule has 2 unspecified atom stereocenters. The Balaban J connectivity index is 0.00000256. The second-order valence-electron chi connectivity index (χ2n) is 3.88. The molecule has 0 saturated carbocycles. The molecule has 0 aromatic heterocycles. The number of hydrogen-bond donors (Lipinski definition) is 2. The van der Waals surface area contributed by atoms with Crippen LogP contribution < -0.4 is 10.6 Å².